The predicted octanol–water partition coefficient (Wildman–Crippen LogP) is 4.24. The summed E-state index contributed by atoms with van der Waals surface area (Å²) in [6.07, 6.45) is 2.42. The molecule has 154 valence electrons. The first-order valence-corrected chi connectivity index (χ1v) is 10.3. The number of anilines is 1. The smallest absolute Gasteiger partial charge is 0.227 e. The van der Waals surface area contributed by atoms with Crippen molar-refractivity contribution >= 4 is 17.4 Å². The van der Waals surface area contributed by atoms with Crippen molar-refractivity contribution < 1.29 is 14.0 Å². The van der Waals surface area contributed by atoms with Gasteiger partial charge in [-0.15, -0.1) is 0 Å². The highest BCUT2D eigenvalue weighted by atomic mass is 19.1. The number of benzene rings is 2. The molecular formula is C24H29FN2O2. The van der Waals surface area contributed by atoms with Gasteiger partial charge in [-0.3, -0.25) is 14.5 Å². The van der Waals surface area contributed by atoms with Crippen LogP contribution in [0.4, 0.5) is 10.1 Å². The van der Waals surface area contributed by atoms with Gasteiger partial charge in [0.05, 0.1) is 0 Å². The number of Topliss-reactive ketones (excluding diaryl/α,β-unsaturated/α-hetero) is 1. The minimum Gasteiger partial charge on any atom is -0.303 e. The number of carbonyl (C=O) groups excluding carboxylic acids is 2. The Morgan fingerprint density at radius 2 is 1.66 bits per heavy atom. The number of hydrogen-bond donors (Lipinski definition) is 0. The molecule has 3 rings (SSSR count). The first-order chi connectivity index (χ1) is 14.0. The van der Waals surface area contributed by atoms with E-state index in [1.165, 1.54) is 17.7 Å². The lowest BCUT2D eigenvalue weighted by Crippen LogP contribution is -2.61. The molecule has 0 N–H and O–H groups in total. The van der Waals surface area contributed by atoms with Gasteiger partial charge < -0.3 is 4.90 Å². The zero-order valence-electron chi connectivity index (χ0n) is 17.2. The van der Waals surface area contributed by atoms with Crippen LogP contribution in [0.25, 0.3) is 0 Å². The van der Waals surface area contributed by atoms with Crippen LogP contribution >= 0.6 is 0 Å². The molecule has 0 aliphatic carbocycles. The van der Waals surface area contributed by atoms with Crippen molar-refractivity contribution in [2.24, 2.45) is 0 Å². The second-order valence-electron chi connectivity index (χ2n) is 7.72. The van der Waals surface area contributed by atoms with E-state index in [-0.39, 0.29) is 17.5 Å². The summed E-state index contributed by atoms with van der Waals surface area (Å²) < 4.78 is 13.4. The molecule has 0 atom stereocenters. The van der Waals surface area contributed by atoms with Gasteiger partial charge in [0.15, 0.2) is 5.78 Å². The Morgan fingerprint density at radius 1 is 1.03 bits per heavy atom. The number of rotatable bonds is 7. The van der Waals surface area contributed by atoms with E-state index in [0.29, 0.717) is 24.9 Å². The molecule has 0 aromatic heterocycles. The Kier molecular flexibility index (Phi) is 6.80. The van der Waals surface area contributed by atoms with E-state index in [1.54, 1.807) is 30.9 Å². The molecule has 29 heavy (non-hydrogen) atoms. The second-order valence-corrected chi connectivity index (χ2v) is 7.72. The quantitative estimate of drug-likeness (QED) is 0.703. The van der Waals surface area contributed by atoms with E-state index in [1.807, 2.05) is 18.2 Å². The number of amides is 1. The van der Waals surface area contributed by atoms with Gasteiger partial charge in [0.25, 0.3) is 0 Å². The Hall–Kier alpha value is -2.53. The maximum atomic E-state index is 13.4. The molecule has 0 saturated carbocycles. The number of piperidine rings is 1. The van der Waals surface area contributed by atoms with Gasteiger partial charge in [-0.05, 0) is 56.0 Å². The molecule has 2 aromatic rings. The van der Waals surface area contributed by atoms with Crippen molar-refractivity contribution in [1.29, 1.82) is 0 Å². The number of hydrogen-bond acceptors (Lipinski definition) is 3. The van der Waals surface area contributed by atoms with Gasteiger partial charge in [-0.2, -0.15) is 0 Å². The number of ketones is 1. The second kappa shape index (κ2) is 9.31. The van der Waals surface area contributed by atoms with Gasteiger partial charge >= 0.3 is 0 Å². The lowest BCUT2D eigenvalue weighted by atomic mass is 9.81. The summed E-state index contributed by atoms with van der Waals surface area (Å²) in [5, 5.41) is 0. The normalized spacial score (nSPS) is 16.4. The molecule has 1 amide bonds. The van der Waals surface area contributed by atoms with Crippen LogP contribution in [0.15, 0.2) is 54.6 Å². The highest BCUT2D eigenvalue weighted by Gasteiger charge is 2.46. The van der Waals surface area contributed by atoms with Crippen LogP contribution in [-0.2, 0) is 16.0 Å². The minimum atomic E-state index is -0.867. The van der Waals surface area contributed by atoms with Gasteiger partial charge in [0.1, 0.15) is 11.4 Å². The maximum absolute atomic E-state index is 13.4. The molecule has 1 fully saturated rings. The molecule has 1 saturated heterocycles. The maximum Gasteiger partial charge on any atom is 0.227 e. The summed E-state index contributed by atoms with van der Waals surface area (Å²) in [5.74, 6) is -0.471. The molecule has 0 unspecified atom stereocenters. The number of nitrogens with zero attached hydrogens (tertiary/aromatic N) is 2. The average Bonchev–Trinajstić information content (AvgIpc) is 2.75. The number of likely N-dealkylation sites (tertiary alicyclic amines) is 1. The largest absolute Gasteiger partial charge is 0.303 e. The van der Waals surface area contributed by atoms with E-state index in [4.69, 9.17) is 0 Å². The van der Waals surface area contributed by atoms with E-state index in [2.05, 4.69) is 17.0 Å². The van der Waals surface area contributed by atoms with E-state index in [9.17, 15) is 14.0 Å². The van der Waals surface area contributed by atoms with Crippen molar-refractivity contribution in [3.63, 3.8) is 0 Å². The molecule has 0 radical (unpaired) electrons. The summed E-state index contributed by atoms with van der Waals surface area (Å²) in [4.78, 5) is 29.7. The molecule has 5 heteroatoms. The molecular weight excluding hydrogens is 367 g/mol. The summed E-state index contributed by atoms with van der Waals surface area (Å²) in [6, 6.07) is 16.2. The summed E-state index contributed by atoms with van der Waals surface area (Å²) >= 11 is 0. The van der Waals surface area contributed by atoms with E-state index in [0.717, 1.165) is 26.1 Å². The van der Waals surface area contributed by atoms with Crippen LogP contribution in [0.3, 0.4) is 0 Å². The van der Waals surface area contributed by atoms with Crippen LogP contribution in [0.5, 0.6) is 0 Å². The standard InChI is InChI=1S/C24H29FN2O2/c1-3-23(29)27(22-11-9-21(25)10-12-22)24(19(2)28)14-17-26(18-15-24)16-13-20-7-5-4-6-8-20/h4-12H,3,13-18H2,1-2H3. The molecule has 2 aromatic carbocycles. The fourth-order valence-corrected chi connectivity index (χ4v) is 4.19. The summed E-state index contributed by atoms with van der Waals surface area (Å²) in [7, 11) is 0. The molecule has 1 aliphatic rings. The van der Waals surface area contributed by atoms with Crippen molar-refractivity contribution in [3.8, 4) is 0 Å². The van der Waals surface area contributed by atoms with Crippen LogP contribution in [-0.4, -0.2) is 41.8 Å². The van der Waals surface area contributed by atoms with Crippen molar-refractivity contribution in [1.82, 2.24) is 4.90 Å². The topological polar surface area (TPSA) is 40.6 Å². The molecule has 0 spiro atoms. The van der Waals surface area contributed by atoms with Gasteiger partial charge in [-0.1, -0.05) is 37.3 Å². The van der Waals surface area contributed by atoms with Crippen molar-refractivity contribution in [2.75, 3.05) is 24.5 Å². The third-order valence-corrected chi connectivity index (χ3v) is 5.96. The Balaban J connectivity index is 1.77. The summed E-state index contributed by atoms with van der Waals surface area (Å²) in [5.41, 5.74) is 1.02. The average molecular weight is 397 g/mol. The Bertz CT molecular complexity index is 828. The lowest BCUT2D eigenvalue weighted by Gasteiger charge is -2.47. The Morgan fingerprint density at radius 3 is 2.21 bits per heavy atom. The number of carbonyl (C=O) groups is 2. The predicted molar refractivity (Wildman–Crippen MR) is 113 cm³/mol. The fourth-order valence-electron chi connectivity index (χ4n) is 4.19. The van der Waals surface area contributed by atoms with Crippen molar-refractivity contribution in [2.45, 2.75) is 45.1 Å². The molecule has 1 aliphatic heterocycles. The third-order valence-electron chi connectivity index (χ3n) is 5.96. The zero-order chi connectivity index (χ0) is 20.9. The first-order valence-electron chi connectivity index (χ1n) is 10.3. The highest BCUT2D eigenvalue weighted by molar-refractivity contribution is 6.03. The number of halogens is 1. The fraction of sp³-hybridized carbons (Fsp3) is 0.417. The molecule has 1 heterocycles. The first kappa shape index (κ1) is 21.2. The molecule has 4 nitrogen and oxygen atoms in total. The minimum absolute atomic E-state index is 0.00802. The SMILES string of the molecule is CCC(=O)N(c1ccc(F)cc1)C1(C(C)=O)CCN(CCc2ccccc2)CC1. The highest BCUT2D eigenvalue weighted by Crippen LogP contribution is 2.35. The van der Waals surface area contributed by atoms with Crippen LogP contribution in [0.2, 0.25) is 0 Å². The van der Waals surface area contributed by atoms with E-state index < -0.39 is 5.54 Å². The summed E-state index contributed by atoms with van der Waals surface area (Å²) in [6.45, 7) is 5.79. The zero-order valence-corrected chi connectivity index (χ0v) is 17.2. The third kappa shape index (κ3) is 4.73. The van der Waals surface area contributed by atoms with E-state index >= 15 is 0 Å². The van der Waals surface area contributed by atoms with Gasteiger partial charge in [0, 0.05) is 31.7 Å². The monoisotopic (exact) mass is 396 g/mol. The van der Waals surface area contributed by atoms with Crippen LogP contribution in [0, 0.1) is 5.82 Å². The van der Waals surface area contributed by atoms with Gasteiger partial charge in [0.2, 0.25) is 5.91 Å². The van der Waals surface area contributed by atoms with Crippen LogP contribution in [0.1, 0.15) is 38.7 Å². The van der Waals surface area contributed by atoms with Crippen LogP contribution < -0.4 is 4.90 Å². The van der Waals surface area contributed by atoms with Gasteiger partial charge in [-0.25, -0.2) is 4.39 Å². The van der Waals surface area contributed by atoms with Crippen molar-refractivity contribution in [3.05, 3.63) is 66.0 Å². The lowest BCUT2D eigenvalue weighted by molar-refractivity contribution is -0.129. The Labute approximate surface area is 172 Å². The molecule has 0 bridgehead atoms.